The molecule has 0 unspecified atom stereocenters. The minimum absolute atomic E-state index is 0.200. The number of pyridine rings is 1. The molecule has 0 bridgehead atoms. The highest BCUT2D eigenvalue weighted by Crippen LogP contribution is 2.45. The van der Waals surface area contributed by atoms with Crippen molar-refractivity contribution >= 4 is 11.6 Å². The van der Waals surface area contributed by atoms with Crippen LogP contribution in [0.15, 0.2) is 72.8 Å². The van der Waals surface area contributed by atoms with E-state index in [1.54, 1.807) is 24.3 Å². The van der Waals surface area contributed by atoms with Gasteiger partial charge < -0.3 is 10.2 Å². The van der Waals surface area contributed by atoms with Crippen molar-refractivity contribution in [2.24, 2.45) is 0 Å². The van der Waals surface area contributed by atoms with Crippen LogP contribution < -0.4 is 0 Å². The van der Waals surface area contributed by atoms with Crippen molar-refractivity contribution in [3.63, 3.8) is 0 Å². The van der Waals surface area contributed by atoms with Gasteiger partial charge in [0.15, 0.2) is 0 Å². The highest BCUT2D eigenvalue weighted by molar-refractivity contribution is 6.30. The van der Waals surface area contributed by atoms with Crippen molar-refractivity contribution < 1.29 is 10.2 Å². The predicted octanol–water partition coefficient (Wildman–Crippen LogP) is 6.05. The van der Waals surface area contributed by atoms with Crippen LogP contribution >= 0.6 is 11.6 Å². The molecule has 4 heteroatoms. The van der Waals surface area contributed by atoms with Gasteiger partial charge in [-0.1, -0.05) is 48.0 Å². The van der Waals surface area contributed by atoms with Crippen LogP contribution in [0, 0.1) is 0 Å². The maximum atomic E-state index is 10.3. The van der Waals surface area contributed by atoms with Gasteiger partial charge in [0.05, 0.1) is 11.4 Å². The first-order valence-electron chi connectivity index (χ1n) is 9.00. The number of phenolic OH excluding ortho intramolecular Hbond substituents is 2. The zero-order valence-electron chi connectivity index (χ0n) is 14.9. The van der Waals surface area contributed by atoms with Gasteiger partial charge in [-0.05, 0) is 53.1 Å². The molecular formula is C24H16ClNO2. The van der Waals surface area contributed by atoms with E-state index in [1.807, 2.05) is 48.5 Å². The Morgan fingerprint density at radius 2 is 1.54 bits per heavy atom. The molecule has 1 aliphatic rings. The van der Waals surface area contributed by atoms with Crippen molar-refractivity contribution in [3.8, 4) is 45.1 Å². The van der Waals surface area contributed by atoms with Crippen LogP contribution in [0.25, 0.3) is 33.6 Å². The third kappa shape index (κ3) is 2.72. The summed E-state index contributed by atoms with van der Waals surface area (Å²) < 4.78 is 0. The van der Waals surface area contributed by atoms with Gasteiger partial charge >= 0.3 is 0 Å². The van der Waals surface area contributed by atoms with Gasteiger partial charge in [-0.15, -0.1) is 0 Å². The van der Waals surface area contributed by atoms with Crippen LogP contribution in [-0.2, 0) is 6.42 Å². The van der Waals surface area contributed by atoms with E-state index in [0.717, 1.165) is 44.8 Å². The Hall–Kier alpha value is -3.30. The van der Waals surface area contributed by atoms with Crippen molar-refractivity contribution in [1.29, 1.82) is 0 Å². The van der Waals surface area contributed by atoms with Gasteiger partial charge in [0.2, 0.25) is 0 Å². The summed E-state index contributed by atoms with van der Waals surface area (Å²) in [5, 5.41) is 20.9. The summed E-state index contributed by atoms with van der Waals surface area (Å²) in [5.41, 5.74) is 7.51. The molecule has 1 heterocycles. The SMILES string of the molecule is Oc1cccc(-c2cc(-c3ccc(Cl)cc3)c3c(n2)-c2cccc(O)c2C3)c1. The number of rotatable bonds is 2. The van der Waals surface area contributed by atoms with Crippen LogP contribution in [0.4, 0.5) is 0 Å². The van der Waals surface area contributed by atoms with Crippen LogP contribution in [0.1, 0.15) is 11.1 Å². The van der Waals surface area contributed by atoms with E-state index in [9.17, 15) is 10.2 Å². The molecule has 0 atom stereocenters. The van der Waals surface area contributed by atoms with Gasteiger partial charge in [-0.3, -0.25) is 0 Å². The first-order valence-corrected chi connectivity index (χ1v) is 9.38. The van der Waals surface area contributed by atoms with Gasteiger partial charge in [-0.25, -0.2) is 4.98 Å². The highest BCUT2D eigenvalue weighted by Gasteiger charge is 2.26. The summed E-state index contributed by atoms with van der Waals surface area (Å²) in [5.74, 6) is 0.488. The average molecular weight is 386 g/mol. The largest absolute Gasteiger partial charge is 0.508 e. The Morgan fingerprint density at radius 3 is 2.32 bits per heavy atom. The predicted molar refractivity (Wildman–Crippen MR) is 112 cm³/mol. The molecule has 0 aliphatic heterocycles. The molecule has 3 aromatic carbocycles. The normalized spacial score (nSPS) is 11.9. The fraction of sp³-hybridized carbons (Fsp3) is 0.0417. The first kappa shape index (κ1) is 16.8. The number of phenols is 2. The second-order valence-electron chi connectivity index (χ2n) is 6.92. The summed E-state index contributed by atoms with van der Waals surface area (Å²) in [6, 6.07) is 22.4. The third-order valence-corrected chi connectivity index (χ3v) is 5.43. The molecule has 4 aromatic rings. The van der Waals surface area contributed by atoms with Gasteiger partial charge in [0, 0.05) is 28.1 Å². The summed E-state index contributed by atoms with van der Waals surface area (Å²) >= 11 is 6.08. The molecule has 0 amide bonds. The number of hydrogen-bond acceptors (Lipinski definition) is 3. The second-order valence-corrected chi connectivity index (χ2v) is 7.36. The van der Waals surface area contributed by atoms with E-state index in [1.165, 1.54) is 0 Å². The molecule has 0 saturated heterocycles. The van der Waals surface area contributed by atoms with E-state index < -0.39 is 0 Å². The summed E-state index contributed by atoms with van der Waals surface area (Å²) in [7, 11) is 0. The number of halogens is 1. The van der Waals surface area contributed by atoms with Gasteiger partial charge in [0.25, 0.3) is 0 Å². The van der Waals surface area contributed by atoms with E-state index in [0.29, 0.717) is 11.4 Å². The number of aromatic nitrogens is 1. The zero-order valence-corrected chi connectivity index (χ0v) is 15.6. The third-order valence-electron chi connectivity index (χ3n) is 5.18. The molecule has 0 radical (unpaired) electrons. The van der Waals surface area contributed by atoms with E-state index >= 15 is 0 Å². The molecular weight excluding hydrogens is 370 g/mol. The van der Waals surface area contributed by atoms with Crippen LogP contribution in [0.3, 0.4) is 0 Å². The van der Waals surface area contributed by atoms with Crippen molar-refractivity contribution in [2.45, 2.75) is 6.42 Å². The Balaban J connectivity index is 1.79. The molecule has 0 saturated carbocycles. The summed E-state index contributed by atoms with van der Waals surface area (Å²) in [6.07, 6.45) is 0.628. The Labute approximate surface area is 167 Å². The second kappa shape index (κ2) is 6.39. The number of hydrogen-bond donors (Lipinski definition) is 2. The van der Waals surface area contributed by atoms with Gasteiger partial charge in [-0.2, -0.15) is 0 Å². The van der Waals surface area contributed by atoms with Gasteiger partial charge in [0.1, 0.15) is 11.5 Å². The summed E-state index contributed by atoms with van der Waals surface area (Å²) in [4.78, 5) is 4.90. The topological polar surface area (TPSA) is 53.4 Å². The van der Waals surface area contributed by atoms with Crippen LogP contribution in [0.2, 0.25) is 5.02 Å². The Morgan fingerprint density at radius 1 is 0.750 bits per heavy atom. The molecule has 3 nitrogen and oxygen atoms in total. The fourth-order valence-corrected chi connectivity index (χ4v) is 3.96. The lowest BCUT2D eigenvalue weighted by Gasteiger charge is -2.12. The standard InChI is InChI=1S/C24H16ClNO2/c25-16-9-7-14(8-10-16)19-13-22(15-3-1-4-17(27)11-15)26-24-18-5-2-6-23(28)20(18)12-21(19)24/h1-11,13,27-28H,12H2. The average Bonchev–Trinajstić information content (AvgIpc) is 3.08. The minimum Gasteiger partial charge on any atom is -0.508 e. The number of aromatic hydroxyl groups is 2. The van der Waals surface area contributed by atoms with Crippen molar-refractivity contribution in [3.05, 3.63) is 88.9 Å². The lowest BCUT2D eigenvalue weighted by Crippen LogP contribution is -1.94. The number of nitrogens with zero attached hydrogens (tertiary/aromatic N) is 1. The fourth-order valence-electron chi connectivity index (χ4n) is 3.83. The van der Waals surface area contributed by atoms with Crippen LogP contribution in [-0.4, -0.2) is 15.2 Å². The monoisotopic (exact) mass is 385 g/mol. The molecule has 136 valence electrons. The highest BCUT2D eigenvalue weighted by atomic mass is 35.5. The molecule has 2 N–H and O–H groups in total. The smallest absolute Gasteiger partial charge is 0.119 e. The molecule has 1 aliphatic carbocycles. The van der Waals surface area contributed by atoms with Crippen molar-refractivity contribution in [2.75, 3.05) is 0 Å². The van der Waals surface area contributed by atoms with Crippen LogP contribution in [0.5, 0.6) is 11.5 Å². The lowest BCUT2D eigenvalue weighted by atomic mass is 9.96. The van der Waals surface area contributed by atoms with E-state index in [2.05, 4.69) is 0 Å². The maximum absolute atomic E-state index is 10.3. The lowest BCUT2D eigenvalue weighted by molar-refractivity contribution is 0.470. The van der Waals surface area contributed by atoms with E-state index in [4.69, 9.17) is 16.6 Å². The molecule has 0 spiro atoms. The molecule has 28 heavy (non-hydrogen) atoms. The maximum Gasteiger partial charge on any atom is 0.119 e. The molecule has 0 fully saturated rings. The molecule has 5 rings (SSSR count). The minimum atomic E-state index is 0.200. The Kier molecular flexibility index (Phi) is 3.85. The van der Waals surface area contributed by atoms with E-state index in [-0.39, 0.29) is 11.5 Å². The van der Waals surface area contributed by atoms with Crippen molar-refractivity contribution in [1.82, 2.24) is 4.98 Å². The zero-order chi connectivity index (χ0) is 19.3. The first-order chi connectivity index (χ1) is 13.6. The summed E-state index contributed by atoms with van der Waals surface area (Å²) in [6.45, 7) is 0. The quantitative estimate of drug-likeness (QED) is 0.389. The molecule has 1 aromatic heterocycles. The number of fused-ring (bicyclic) bond motifs is 3. The number of benzene rings is 3. The Bertz CT molecular complexity index is 1220.